The summed E-state index contributed by atoms with van der Waals surface area (Å²) in [7, 11) is 7.85. The number of ketones is 1. The van der Waals surface area contributed by atoms with E-state index in [-0.39, 0.29) is 18.8 Å². The van der Waals surface area contributed by atoms with Crippen LogP contribution in [0.25, 0.3) is 11.0 Å². The molecule has 5 unspecified atom stereocenters. The maximum absolute atomic E-state index is 13.6. The first kappa shape index (κ1) is 28.1. The molecule has 2 aromatic carbocycles. The third kappa shape index (κ3) is 5.87. The molecule has 0 amide bonds. The zero-order chi connectivity index (χ0) is 27.2. The molecule has 0 saturated carbocycles. The van der Waals surface area contributed by atoms with E-state index in [1.807, 2.05) is 37.3 Å². The van der Waals surface area contributed by atoms with Crippen LogP contribution in [-0.4, -0.2) is 78.6 Å². The van der Waals surface area contributed by atoms with E-state index in [0.29, 0.717) is 23.5 Å². The van der Waals surface area contributed by atoms with Gasteiger partial charge in [-0.2, -0.15) is 0 Å². The van der Waals surface area contributed by atoms with Crippen LogP contribution in [0.2, 0.25) is 0 Å². The van der Waals surface area contributed by atoms with E-state index in [4.69, 9.17) is 37.6 Å². The van der Waals surface area contributed by atoms with Crippen molar-refractivity contribution in [2.24, 2.45) is 0 Å². The number of carbonyl (C=O) groups is 1. The molecule has 9 nitrogen and oxygen atoms in total. The fourth-order valence-corrected chi connectivity index (χ4v) is 5.00. The number of furan rings is 1. The molecule has 1 fully saturated rings. The van der Waals surface area contributed by atoms with Gasteiger partial charge in [0, 0.05) is 40.2 Å². The average Bonchev–Trinajstić information content (AvgIpc) is 3.39. The van der Waals surface area contributed by atoms with Gasteiger partial charge in [0.1, 0.15) is 47.1 Å². The van der Waals surface area contributed by atoms with Crippen molar-refractivity contribution in [1.29, 1.82) is 0 Å². The first-order chi connectivity index (χ1) is 18.4. The number of Topliss-reactive ketones (excluding diaryl/α,β-unsaturated/α-hetero) is 1. The molecule has 0 spiro atoms. The van der Waals surface area contributed by atoms with Gasteiger partial charge in [0.05, 0.1) is 20.0 Å². The Hall–Kier alpha value is -2.95. The highest BCUT2D eigenvalue weighted by Crippen LogP contribution is 2.36. The molecule has 3 aromatic rings. The van der Waals surface area contributed by atoms with E-state index in [9.17, 15) is 4.79 Å². The minimum atomic E-state index is -0.891. The molecule has 1 aliphatic heterocycles. The molecule has 1 saturated heterocycles. The van der Waals surface area contributed by atoms with Gasteiger partial charge in [-0.1, -0.05) is 6.07 Å². The van der Waals surface area contributed by atoms with E-state index in [0.717, 1.165) is 22.1 Å². The first-order valence-electron chi connectivity index (χ1n) is 12.5. The normalized spacial score (nSPS) is 23.5. The molecule has 38 heavy (non-hydrogen) atoms. The van der Waals surface area contributed by atoms with Crippen LogP contribution in [0.1, 0.15) is 27.9 Å². The Morgan fingerprint density at radius 1 is 0.895 bits per heavy atom. The Labute approximate surface area is 222 Å². The number of benzene rings is 2. The van der Waals surface area contributed by atoms with Gasteiger partial charge in [0.2, 0.25) is 6.29 Å². The lowest BCUT2D eigenvalue weighted by Crippen LogP contribution is -2.62. The maximum Gasteiger partial charge on any atom is 0.229 e. The molecular weight excluding hydrogens is 492 g/mol. The van der Waals surface area contributed by atoms with Crippen molar-refractivity contribution >= 4 is 16.8 Å². The van der Waals surface area contributed by atoms with E-state index in [1.165, 1.54) is 7.11 Å². The summed E-state index contributed by atoms with van der Waals surface area (Å²) in [5.41, 5.74) is 3.07. The average molecular weight is 529 g/mol. The Kier molecular flexibility index (Phi) is 9.40. The number of hydrogen-bond donors (Lipinski definition) is 0. The highest BCUT2D eigenvalue weighted by molar-refractivity contribution is 6.01. The molecule has 5 atom stereocenters. The smallest absolute Gasteiger partial charge is 0.229 e. The van der Waals surface area contributed by atoms with Crippen molar-refractivity contribution in [3.05, 3.63) is 59.4 Å². The second kappa shape index (κ2) is 12.7. The van der Waals surface area contributed by atoms with Gasteiger partial charge in [0.15, 0.2) is 5.78 Å². The Bertz CT molecular complexity index is 1220. The lowest BCUT2D eigenvalue weighted by molar-refractivity contribution is -0.292. The second-order valence-corrected chi connectivity index (χ2v) is 9.27. The molecule has 206 valence electrons. The first-order valence-corrected chi connectivity index (χ1v) is 12.5. The van der Waals surface area contributed by atoms with Crippen molar-refractivity contribution in [2.75, 3.05) is 42.2 Å². The monoisotopic (exact) mass is 528 g/mol. The minimum Gasteiger partial charge on any atom is -0.496 e. The van der Waals surface area contributed by atoms with Crippen molar-refractivity contribution in [2.45, 2.75) is 50.5 Å². The Morgan fingerprint density at radius 2 is 1.63 bits per heavy atom. The number of carbonyl (C=O) groups excluding carboxylic acids is 1. The number of ether oxygens (including phenoxy) is 7. The van der Waals surface area contributed by atoms with Crippen LogP contribution in [0.5, 0.6) is 11.5 Å². The quantitative estimate of drug-likeness (QED) is 0.318. The zero-order valence-corrected chi connectivity index (χ0v) is 22.7. The van der Waals surface area contributed by atoms with Crippen LogP contribution in [0.4, 0.5) is 0 Å². The third-order valence-corrected chi connectivity index (χ3v) is 6.85. The highest BCUT2D eigenvalue weighted by Gasteiger charge is 2.48. The Morgan fingerprint density at radius 3 is 2.32 bits per heavy atom. The van der Waals surface area contributed by atoms with Gasteiger partial charge in [-0.3, -0.25) is 4.79 Å². The highest BCUT2D eigenvalue weighted by atomic mass is 16.7. The predicted molar refractivity (Wildman–Crippen MR) is 140 cm³/mol. The molecule has 0 radical (unpaired) electrons. The topological polar surface area (TPSA) is 94.8 Å². The van der Waals surface area contributed by atoms with Crippen molar-refractivity contribution in [3.8, 4) is 11.5 Å². The largest absolute Gasteiger partial charge is 0.496 e. The number of methoxy groups -OCH3 is 5. The number of aryl methyl sites for hydroxylation is 2. The summed E-state index contributed by atoms with van der Waals surface area (Å²) in [6.45, 7) is 2.17. The molecule has 0 bridgehead atoms. The van der Waals surface area contributed by atoms with E-state index < -0.39 is 30.7 Å². The van der Waals surface area contributed by atoms with Gasteiger partial charge >= 0.3 is 0 Å². The van der Waals surface area contributed by atoms with Crippen LogP contribution in [0.15, 0.2) is 47.1 Å². The van der Waals surface area contributed by atoms with Crippen LogP contribution in [-0.2, 0) is 30.1 Å². The molecule has 2 heterocycles. The van der Waals surface area contributed by atoms with Crippen molar-refractivity contribution in [3.63, 3.8) is 0 Å². The third-order valence-electron chi connectivity index (χ3n) is 6.85. The van der Waals surface area contributed by atoms with Gasteiger partial charge in [-0.25, -0.2) is 0 Å². The molecule has 1 aromatic heterocycles. The fraction of sp³-hybridized carbons (Fsp3) is 0.483. The second-order valence-electron chi connectivity index (χ2n) is 9.27. The molecule has 0 N–H and O–H groups in total. The lowest BCUT2D eigenvalue weighted by Gasteiger charge is -2.44. The SMILES string of the molecule is COCC1OC(Oc2cc(C)cc(OC)c2C(=O)CCc2ccc3occc3c2)C(OC)C(OC)C1OC. The maximum atomic E-state index is 13.6. The molecule has 0 aliphatic carbocycles. The standard InChI is InChI=1S/C29H36O9/c1-17-13-22(32-3)25(20(30)9-7-18-8-10-21-19(15-18)11-12-36-21)23(14-17)37-29-28(35-6)27(34-5)26(33-4)24(38-29)16-31-2/h8,10-15,24,26-29H,7,9,16H2,1-6H3. The number of rotatable bonds is 12. The summed E-state index contributed by atoms with van der Waals surface area (Å²) in [5, 5.41) is 1.000. The predicted octanol–water partition coefficient (Wildman–Crippen LogP) is 4.36. The molecule has 9 heteroatoms. The summed E-state index contributed by atoms with van der Waals surface area (Å²) in [6.07, 6.45) is -0.465. The van der Waals surface area contributed by atoms with Crippen LogP contribution in [0.3, 0.4) is 0 Å². The van der Waals surface area contributed by atoms with E-state index in [1.54, 1.807) is 40.8 Å². The van der Waals surface area contributed by atoms with Gasteiger partial charge < -0.3 is 37.6 Å². The van der Waals surface area contributed by atoms with Crippen LogP contribution < -0.4 is 9.47 Å². The zero-order valence-electron chi connectivity index (χ0n) is 22.7. The van der Waals surface area contributed by atoms with E-state index in [2.05, 4.69) is 0 Å². The number of hydrogen-bond acceptors (Lipinski definition) is 9. The van der Waals surface area contributed by atoms with Crippen molar-refractivity contribution < 1.29 is 42.4 Å². The summed E-state index contributed by atoms with van der Waals surface area (Å²) in [5.74, 6) is 0.679. The van der Waals surface area contributed by atoms with Crippen LogP contribution >= 0.6 is 0 Å². The summed E-state index contributed by atoms with van der Waals surface area (Å²) in [4.78, 5) is 13.6. The lowest BCUT2D eigenvalue weighted by atomic mass is 9.97. The summed E-state index contributed by atoms with van der Waals surface area (Å²) < 4.78 is 46.1. The Balaban J connectivity index is 1.61. The number of fused-ring (bicyclic) bond motifs is 1. The summed E-state index contributed by atoms with van der Waals surface area (Å²) in [6, 6.07) is 11.4. The van der Waals surface area contributed by atoms with Gasteiger partial charge in [-0.15, -0.1) is 0 Å². The van der Waals surface area contributed by atoms with Gasteiger partial charge in [0.25, 0.3) is 0 Å². The minimum absolute atomic E-state index is 0.111. The van der Waals surface area contributed by atoms with Crippen molar-refractivity contribution in [1.82, 2.24) is 0 Å². The van der Waals surface area contributed by atoms with E-state index >= 15 is 0 Å². The molecule has 4 rings (SSSR count). The molecule has 1 aliphatic rings. The van der Waals surface area contributed by atoms with Crippen LogP contribution in [0, 0.1) is 6.92 Å². The summed E-state index contributed by atoms with van der Waals surface area (Å²) >= 11 is 0. The molecular formula is C29H36O9. The van der Waals surface area contributed by atoms with Gasteiger partial charge in [-0.05, 0) is 54.8 Å². The fourth-order valence-electron chi connectivity index (χ4n) is 5.00.